The molecule has 0 saturated heterocycles. The van der Waals surface area contributed by atoms with Crippen LogP contribution in [0.1, 0.15) is 64.2 Å². The molecule has 4 aliphatic rings. The van der Waals surface area contributed by atoms with E-state index in [-0.39, 0.29) is 0 Å². The van der Waals surface area contributed by atoms with Crippen LogP contribution < -0.4 is 0 Å². The van der Waals surface area contributed by atoms with Crippen molar-refractivity contribution >= 4 is 0 Å². The van der Waals surface area contributed by atoms with Gasteiger partial charge in [0.05, 0.1) is 0 Å². The quantitative estimate of drug-likeness (QED) is 0.541. The molecule has 0 aromatic carbocycles. The molecule has 0 bridgehead atoms. The Balaban J connectivity index is 1.54. The van der Waals surface area contributed by atoms with Gasteiger partial charge in [-0.2, -0.15) is 0 Å². The van der Waals surface area contributed by atoms with E-state index >= 15 is 0 Å². The van der Waals surface area contributed by atoms with Gasteiger partial charge in [0, 0.05) is 5.92 Å². The Morgan fingerprint density at radius 2 is 1.37 bits per heavy atom. The van der Waals surface area contributed by atoms with E-state index in [0.717, 1.165) is 35.5 Å². The maximum atomic E-state index is 5.71. The van der Waals surface area contributed by atoms with E-state index in [0.29, 0.717) is 5.92 Å². The summed E-state index contributed by atoms with van der Waals surface area (Å²) in [6, 6.07) is 0. The summed E-state index contributed by atoms with van der Waals surface area (Å²) in [4.78, 5) is 0. The van der Waals surface area contributed by atoms with Gasteiger partial charge in [0.1, 0.15) is 0 Å². The molecule has 0 radical (unpaired) electrons. The molecule has 4 aliphatic carbocycles. The second-order valence-corrected chi connectivity index (χ2v) is 7.95. The monoisotopic (exact) mass is 256 g/mol. The Morgan fingerprint density at radius 3 is 2.21 bits per heavy atom. The van der Waals surface area contributed by atoms with E-state index in [2.05, 4.69) is 5.92 Å². The fourth-order valence-electron chi connectivity index (χ4n) is 6.61. The standard InChI is InChI=1S/C19H28/c1-2-13-11-15-8-10-17-16-6-4-3-5-14(16)7-9-18(17)19(15)12-13/h1,13-19H,3-12H2/t13?,14?,15-,16+,17-,18-,19-/m1/s1. The van der Waals surface area contributed by atoms with Crippen LogP contribution in [-0.2, 0) is 0 Å². The van der Waals surface area contributed by atoms with Gasteiger partial charge in [-0.3, -0.25) is 0 Å². The summed E-state index contributed by atoms with van der Waals surface area (Å²) in [6.07, 6.45) is 20.7. The third-order valence-corrected chi connectivity index (χ3v) is 7.34. The SMILES string of the molecule is C#CC1C[C@H]2CC[C@H]3[C@@H](CCC4CCCC[C@@H]43)[C@@H]2C1. The molecule has 0 N–H and O–H groups in total. The van der Waals surface area contributed by atoms with Gasteiger partial charge in [0.25, 0.3) is 0 Å². The van der Waals surface area contributed by atoms with Crippen LogP contribution in [0.5, 0.6) is 0 Å². The summed E-state index contributed by atoms with van der Waals surface area (Å²) < 4.78 is 0. The third-order valence-electron chi connectivity index (χ3n) is 7.34. The average molecular weight is 256 g/mol. The fourth-order valence-corrected chi connectivity index (χ4v) is 6.61. The second-order valence-electron chi connectivity index (χ2n) is 7.95. The van der Waals surface area contributed by atoms with Gasteiger partial charge >= 0.3 is 0 Å². The Hall–Kier alpha value is -0.440. The molecule has 4 rings (SSSR count). The van der Waals surface area contributed by atoms with Crippen LogP contribution in [0.25, 0.3) is 0 Å². The molecule has 0 heteroatoms. The van der Waals surface area contributed by atoms with Gasteiger partial charge < -0.3 is 0 Å². The van der Waals surface area contributed by atoms with Gasteiger partial charge in [-0.05, 0) is 80.5 Å². The molecule has 2 unspecified atom stereocenters. The van der Waals surface area contributed by atoms with Crippen LogP contribution in [0.3, 0.4) is 0 Å². The zero-order chi connectivity index (χ0) is 12.8. The molecule has 0 aliphatic heterocycles. The fraction of sp³-hybridized carbons (Fsp3) is 0.895. The van der Waals surface area contributed by atoms with Gasteiger partial charge in [-0.25, -0.2) is 0 Å². The van der Waals surface area contributed by atoms with Gasteiger partial charge in [0.15, 0.2) is 0 Å². The van der Waals surface area contributed by atoms with Crippen LogP contribution >= 0.6 is 0 Å². The first-order valence-electron chi connectivity index (χ1n) is 8.83. The maximum absolute atomic E-state index is 5.71. The summed E-state index contributed by atoms with van der Waals surface area (Å²) in [5.74, 6) is 10.1. The first-order valence-corrected chi connectivity index (χ1v) is 8.83. The van der Waals surface area contributed by atoms with Crippen LogP contribution in [-0.4, -0.2) is 0 Å². The highest BCUT2D eigenvalue weighted by molar-refractivity contribution is 5.05. The molecule has 0 heterocycles. The molecule has 4 fully saturated rings. The first kappa shape index (κ1) is 12.3. The number of rotatable bonds is 0. The summed E-state index contributed by atoms with van der Waals surface area (Å²) in [5, 5.41) is 0. The topological polar surface area (TPSA) is 0 Å². The predicted octanol–water partition coefficient (Wildman–Crippen LogP) is 4.89. The lowest BCUT2D eigenvalue weighted by Crippen LogP contribution is -2.43. The van der Waals surface area contributed by atoms with Crippen molar-refractivity contribution in [3.8, 4) is 12.3 Å². The molecule has 7 atom stereocenters. The van der Waals surface area contributed by atoms with Crippen molar-refractivity contribution in [2.45, 2.75) is 64.2 Å². The summed E-state index contributed by atoms with van der Waals surface area (Å²) in [5.41, 5.74) is 0. The minimum absolute atomic E-state index is 0.623. The van der Waals surface area contributed by atoms with Gasteiger partial charge in [-0.1, -0.05) is 19.3 Å². The van der Waals surface area contributed by atoms with E-state index in [4.69, 9.17) is 6.42 Å². The minimum Gasteiger partial charge on any atom is -0.120 e. The molecule has 0 amide bonds. The van der Waals surface area contributed by atoms with Crippen molar-refractivity contribution in [3.05, 3.63) is 0 Å². The zero-order valence-corrected chi connectivity index (χ0v) is 12.2. The van der Waals surface area contributed by atoms with Crippen molar-refractivity contribution in [3.63, 3.8) is 0 Å². The highest BCUT2D eigenvalue weighted by atomic mass is 14.5. The van der Waals surface area contributed by atoms with Crippen molar-refractivity contribution in [2.75, 3.05) is 0 Å². The van der Waals surface area contributed by atoms with E-state index in [1.165, 1.54) is 32.1 Å². The lowest BCUT2D eigenvalue weighted by molar-refractivity contribution is -0.0185. The first-order chi connectivity index (χ1) is 9.36. The van der Waals surface area contributed by atoms with Gasteiger partial charge in [-0.15, -0.1) is 12.3 Å². The van der Waals surface area contributed by atoms with Gasteiger partial charge in [0.2, 0.25) is 0 Å². The molecule has 0 aromatic heterocycles. The molecule has 104 valence electrons. The Bertz CT molecular complexity index is 376. The van der Waals surface area contributed by atoms with Crippen molar-refractivity contribution in [2.24, 2.45) is 41.4 Å². The number of terminal acetylenes is 1. The molecular weight excluding hydrogens is 228 g/mol. The highest BCUT2D eigenvalue weighted by Gasteiger charge is 2.49. The third kappa shape index (κ3) is 1.96. The second kappa shape index (κ2) is 4.83. The maximum Gasteiger partial charge on any atom is 0.0205 e. The van der Waals surface area contributed by atoms with Crippen molar-refractivity contribution < 1.29 is 0 Å². The molecular formula is C19H28. The predicted molar refractivity (Wildman–Crippen MR) is 79.4 cm³/mol. The van der Waals surface area contributed by atoms with Crippen LogP contribution in [0.4, 0.5) is 0 Å². The number of fused-ring (bicyclic) bond motifs is 5. The average Bonchev–Trinajstić information content (AvgIpc) is 2.90. The largest absolute Gasteiger partial charge is 0.120 e. The molecule has 19 heavy (non-hydrogen) atoms. The molecule has 4 saturated carbocycles. The molecule has 0 spiro atoms. The normalized spacial score (nSPS) is 52.7. The van der Waals surface area contributed by atoms with Crippen LogP contribution in [0, 0.1) is 53.8 Å². The van der Waals surface area contributed by atoms with Crippen LogP contribution in [0.15, 0.2) is 0 Å². The van der Waals surface area contributed by atoms with E-state index in [1.54, 1.807) is 32.1 Å². The minimum atomic E-state index is 0.623. The van der Waals surface area contributed by atoms with E-state index in [9.17, 15) is 0 Å². The summed E-state index contributed by atoms with van der Waals surface area (Å²) in [7, 11) is 0. The zero-order valence-electron chi connectivity index (χ0n) is 12.2. The van der Waals surface area contributed by atoms with Crippen molar-refractivity contribution in [1.29, 1.82) is 0 Å². The Morgan fingerprint density at radius 1 is 0.632 bits per heavy atom. The van der Waals surface area contributed by atoms with Crippen LogP contribution in [0.2, 0.25) is 0 Å². The van der Waals surface area contributed by atoms with E-state index < -0.39 is 0 Å². The molecule has 0 nitrogen and oxygen atoms in total. The Labute approximate surface area is 118 Å². The Kier molecular flexibility index (Phi) is 3.13. The number of hydrogen-bond acceptors (Lipinski definition) is 0. The lowest BCUT2D eigenvalue weighted by atomic mass is 9.54. The van der Waals surface area contributed by atoms with E-state index in [1.807, 2.05) is 0 Å². The smallest absolute Gasteiger partial charge is 0.0205 e. The molecule has 0 aromatic rings. The number of hydrogen-bond donors (Lipinski definition) is 0. The lowest BCUT2D eigenvalue weighted by Gasteiger charge is -2.51. The summed E-state index contributed by atoms with van der Waals surface area (Å²) in [6.45, 7) is 0. The summed E-state index contributed by atoms with van der Waals surface area (Å²) >= 11 is 0. The van der Waals surface area contributed by atoms with Crippen molar-refractivity contribution in [1.82, 2.24) is 0 Å². The highest BCUT2D eigenvalue weighted by Crippen LogP contribution is 2.58.